The number of hydrogen-bond donors (Lipinski definition) is 1. The molecule has 2 aromatic carbocycles. The molecule has 4 rings (SSSR count). The van der Waals surface area contributed by atoms with Gasteiger partial charge in [-0.1, -0.05) is 23.7 Å². The SMILES string of the molecule is O=c1[nH]c2ccccc2n1C1CCN(S(=O)(=O)c2ccc(Cl)c(C(F)(F)F)c2)CC1. The summed E-state index contributed by atoms with van der Waals surface area (Å²) in [6.45, 7) is 0.172. The molecule has 0 saturated carbocycles. The Bertz CT molecular complexity index is 1260. The van der Waals surface area contributed by atoms with Crippen molar-refractivity contribution in [3.8, 4) is 0 Å². The molecule has 30 heavy (non-hydrogen) atoms. The van der Waals surface area contributed by atoms with E-state index in [9.17, 15) is 26.4 Å². The smallest absolute Gasteiger partial charge is 0.306 e. The van der Waals surface area contributed by atoms with Crippen molar-refractivity contribution in [2.24, 2.45) is 0 Å². The first-order chi connectivity index (χ1) is 14.1. The van der Waals surface area contributed by atoms with Crippen LogP contribution in [0.4, 0.5) is 13.2 Å². The van der Waals surface area contributed by atoms with Gasteiger partial charge in [-0.05, 0) is 43.2 Å². The molecule has 3 aromatic rings. The quantitative estimate of drug-likeness (QED) is 0.642. The molecule has 0 spiro atoms. The molecule has 0 aliphatic carbocycles. The molecule has 1 aliphatic rings. The third-order valence-corrected chi connectivity index (χ3v) is 7.52. The molecule has 0 amide bonds. The standard InChI is InChI=1S/C19H17ClF3N3O3S/c20-15-6-5-13(11-14(15)19(21,22)23)30(28,29)25-9-7-12(8-10-25)26-17-4-2-1-3-16(17)24-18(26)27/h1-6,11-12H,7-10H2,(H,24,27). The van der Waals surface area contributed by atoms with Crippen molar-refractivity contribution >= 4 is 32.7 Å². The minimum atomic E-state index is -4.76. The van der Waals surface area contributed by atoms with Gasteiger partial charge >= 0.3 is 11.9 Å². The van der Waals surface area contributed by atoms with Crippen LogP contribution in [0.5, 0.6) is 0 Å². The lowest BCUT2D eigenvalue weighted by Crippen LogP contribution is -2.40. The molecule has 0 bridgehead atoms. The number of fused-ring (bicyclic) bond motifs is 1. The van der Waals surface area contributed by atoms with E-state index in [-0.39, 0.29) is 24.8 Å². The number of nitrogens with zero attached hydrogens (tertiary/aromatic N) is 2. The Hall–Kier alpha value is -2.30. The van der Waals surface area contributed by atoms with Crippen LogP contribution in [0.15, 0.2) is 52.2 Å². The molecule has 2 heterocycles. The summed E-state index contributed by atoms with van der Waals surface area (Å²) >= 11 is 5.59. The fourth-order valence-electron chi connectivity index (χ4n) is 3.81. The van der Waals surface area contributed by atoms with E-state index >= 15 is 0 Å². The number of para-hydroxylation sites is 2. The lowest BCUT2D eigenvalue weighted by Gasteiger charge is -2.32. The highest BCUT2D eigenvalue weighted by molar-refractivity contribution is 7.89. The molecule has 11 heteroatoms. The van der Waals surface area contributed by atoms with Gasteiger partial charge in [-0.2, -0.15) is 17.5 Å². The van der Waals surface area contributed by atoms with Gasteiger partial charge in [0.2, 0.25) is 10.0 Å². The minimum absolute atomic E-state index is 0.0862. The summed E-state index contributed by atoms with van der Waals surface area (Å²) in [6.07, 6.45) is -4.03. The average Bonchev–Trinajstić information content (AvgIpc) is 3.03. The summed E-state index contributed by atoms with van der Waals surface area (Å²) in [5.41, 5.74) is -0.0368. The van der Waals surface area contributed by atoms with Gasteiger partial charge in [0.15, 0.2) is 0 Å². The summed E-state index contributed by atoms with van der Waals surface area (Å²) in [5.74, 6) is 0. The summed E-state index contributed by atoms with van der Waals surface area (Å²) in [5, 5.41) is -0.557. The van der Waals surface area contributed by atoms with E-state index < -0.39 is 31.7 Å². The number of halogens is 4. The highest BCUT2D eigenvalue weighted by Gasteiger charge is 2.36. The Morgan fingerprint density at radius 2 is 1.73 bits per heavy atom. The van der Waals surface area contributed by atoms with E-state index in [0.717, 1.165) is 22.0 Å². The monoisotopic (exact) mass is 459 g/mol. The van der Waals surface area contributed by atoms with Gasteiger partial charge in [-0.3, -0.25) is 4.57 Å². The van der Waals surface area contributed by atoms with Crippen molar-refractivity contribution < 1.29 is 21.6 Å². The molecule has 1 fully saturated rings. The van der Waals surface area contributed by atoms with Crippen LogP contribution in [0.2, 0.25) is 5.02 Å². The van der Waals surface area contributed by atoms with Crippen LogP contribution < -0.4 is 5.69 Å². The van der Waals surface area contributed by atoms with Gasteiger partial charge in [0.05, 0.1) is 26.5 Å². The van der Waals surface area contributed by atoms with Crippen LogP contribution >= 0.6 is 11.6 Å². The number of hydrogen-bond acceptors (Lipinski definition) is 3. The second-order valence-electron chi connectivity index (χ2n) is 7.09. The molecule has 1 saturated heterocycles. The van der Waals surface area contributed by atoms with E-state index in [2.05, 4.69) is 4.98 Å². The summed E-state index contributed by atoms with van der Waals surface area (Å²) < 4.78 is 67.9. The molecule has 6 nitrogen and oxygen atoms in total. The minimum Gasteiger partial charge on any atom is -0.306 e. The normalized spacial score (nSPS) is 16.9. The molecule has 160 valence electrons. The maximum atomic E-state index is 13.1. The van der Waals surface area contributed by atoms with Gasteiger partial charge < -0.3 is 4.98 Å². The number of benzene rings is 2. The first-order valence-corrected chi connectivity index (χ1v) is 11.0. The van der Waals surface area contributed by atoms with Gasteiger partial charge in [0.1, 0.15) is 0 Å². The molecule has 1 aromatic heterocycles. The average molecular weight is 460 g/mol. The Morgan fingerprint density at radius 3 is 2.40 bits per heavy atom. The predicted molar refractivity (Wildman–Crippen MR) is 106 cm³/mol. The van der Waals surface area contributed by atoms with Gasteiger partial charge in [-0.15, -0.1) is 0 Å². The zero-order valence-corrected chi connectivity index (χ0v) is 17.1. The number of H-pyrrole nitrogens is 1. The highest BCUT2D eigenvalue weighted by atomic mass is 35.5. The maximum Gasteiger partial charge on any atom is 0.417 e. The number of aromatic amines is 1. The van der Waals surface area contributed by atoms with Crippen molar-refractivity contribution in [2.45, 2.75) is 30.0 Å². The van der Waals surface area contributed by atoms with Crippen LogP contribution in [0.1, 0.15) is 24.4 Å². The van der Waals surface area contributed by atoms with E-state index in [1.54, 1.807) is 16.7 Å². The first-order valence-electron chi connectivity index (χ1n) is 9.15. The number of imidazole rings is 1. The van der Waals surface area contributed by atoms with Crippen LogP contribution in [-0.2, 0) is 16.2 Å². The summed E-state index contributed by atoms with van der Waals surface area (Å²) in [6, 6.07) is 9.57. The molecule has 1 aliphatic heterocycles. The van der Waals surface area contributed by atoms with Crippen LogP contribution in [-0.4, -0.2) is 35.4 Å². The van der Waals surface area contributed by atoms with Crippen molar-refractivity contribution in [1.82, 2.24) is 13.9 Å². The van der Waals surface area contributed by atoms with Crippen molar-refractivity contribution in [1.29, 1.82) is 0 Å². The van der Waals surface area contributed by atoms with Crippen molar-refractivity contribution in [2.75, 3.05) is 13.1 Å². The fourth-order valence-corrected chi connectivity index (χ4v) is 5.53. The highest BCUT2D eigenvalue weighted by Crippen LogP contribution is 2.37. The second kappa shape index (κ2) is 7.44. The number of alkyl halides is 3. The van der Waals surface area contributed by atoms with Gasteiger partial charge in [-0.25, -0.2) is 13.2 Å². The van der Waals surface area contributed by atoms with Crippen LogP contribution in [0.25, 0.3) is 11.0 Å². The van der Waals surface area contributed by atoms with E-state index in [0.29, 0.717) is 24.4 Å². The predicted octanol–water partition coefficient (Wildman–Crippen LogP) is 4.03. The Kier molecular flexibility index (Phi) is 5.19. The zero-order chi connectivity index (χ0) is 21.7. The second-order valence-corrected chi connectivity index (χ2v) is 9.44. The zero-order valence-electron chi connectivity index (χ0n) is 15.5. The number of sulfonamides is 1. The van der Waals surface area contributed by atoms with Gasteiger partial charge in [0.25, 0.3) is 0 Å². The van der Waals surface area contributed by atoms with Gasteiger partial charge in [0, 0.05) is 19.1 Å². The Labute approximate surface area is 174 Å². The van der Waals surface area contributed by atoms with Crippen molar-refractivity contribution in [3.05, 3.63) is 63.5 Å². The number of aromatic nitrogens is 2. The molecule has 0 atom stereocenters. The van der Waals surface area contributed by atoms with E-state index in [1.165, 1.54) is 0 Å². The lowest BCUT2D eigenvalue weighted by molar-refractivity contribution is -0.137. The molecule has 1 N–H and O–H groups in total. The summed E-state index contributed by atoms with van der Waals surface area (Å²) in [4.78, 5) is 14.7. The summed E-state index contributed by atoms with van der Waals surface area (Å²) in [7, 11) is -4.13. The van der Waals surface area contributed by atoms with E-state index in [4.69, 9.17) is 11.6 Å². The third kappa shape index (κ3) is 3.63. The van der Waals surface area contributed by atoms with E-state index in [1.807, 2.05) is 12.1 Å². The van der Waals surface area contributed by atoms with Crippen LogP contribution in [0, 0.1) is 0 Å². The lowest BCUT2D eigenvalue weighted by atomic mass is 10.1. The largest absolute Gasteiger partial charge is 0.417 e. The number of rotatable bonds is 3. The molecular weight excluding hydrogens is 443 g/mol. The Balaban J connectivity index is 1.58. The molecule has 0 radical (unpaired) electrons. The fraction of sp³-hybridized carbons (Fsp3) is 0.316. The Morgan fingerprint density at radius 1 is 1.07 bits per heavy atom. The maximum absolute atomic E-state index is 13.1. The molecular formula is C19H17ClF3N3O3S. The third-order valence-electron chi connectivity index (χ3n) is 5.29. The molecule has 0 unspecified atom stereocenters. The topological polar surface area (TPSA) is 75.2 Å². The van der Waals surface area contributed by atoms with Crippen LogP contribution in [0.3, 0.4) is 0 Å². The number of nitrogens with one attached hydrogen (secondary N) is 1. The van der Waals surface area contributed by atoms with Crippen molar-refractivity contribution in [3.63, 3.8) is 0 Å². The first kappa shape index (κ1) is 21.0. The number of piperidine rings is 1.